The van der Waals surface area contributed by atoms with Gasteiger partial charge in [-0.3, -0.25) is 4.79 Å². The Morgan fingerprint density at radius 2 is 1.97 bits per heavy atom. The van der Waals surface area contributed by atoms with Crippen molar-refractivity contribution in [2.24, 2.45) is 0 Å². The van der Waals surface area contributed by atoms with Gasteiger partial charge in [0.2, 0.25) is 17.6 Å². The number of carbonyl (C=O) groups is 2. The number of aromatic amines is 1. The van der Waals surface area contributed by atoms with Crippen LogP contribution < -0.4 is 10.1 Å². The molecule has 0 aliphatic rings. The first-order chi connectivity index (χ1) is 16.0. The Hall–Kier alpha value is -4.14. The number of fused-ring (bicyclic) bond motifs is 1. The lowest BCUT2D eigenvalue weighted by Crippen LogP contribution is -2.42. The van der Waals surface area contributed by atoms with E-state index in [1.165, 1.54) is 0 Å². The molecular formula is C24H24N4O5. The average Bonchev–Trinajstić information content (AvgIpc) is 3.46. The van der Waals surface area contributed by atoms with Crippen LogP contribution >= 0.6 is 0 Å². The number of ether oxygens (including phenoxy) is 1. The average molecular weight is 448 g/mol. The molecule has 4 rings (SSSR count). The smallest absolute Gasteiger partial charge is 0.326 e. The molecule has 33 heavy (non-hydrogen) atoms. The molecule has 0 radical (unpaired) electrons. The molecule has 0 saturated carbocycles. The summed E-state index contributed by atoms with van der Waals surface area (Å²) in [6.07, 6.45) is 2.99. The van der Waals surface area contributed by atoms with Gasteiger partial charge < -0.3 is 24.7 Å². The van der Waals surface area contributed by atoms with Gasteiger partial charge in [-0.05, 0) is 42.3 Å². The first-order valence-corrected chi connectivity index (χ1v) is 10.6. The number of aliphatic carboxylic acids is 1. The van der Waals surface area contributed by atoms with Crippen molar-refractivity contribution in [3.05, 3.63) is 66.2 Å². The summed E-state index contributed by atoms with van der Waals surface area (Å²) in [5, 5.41) is 17.1. The van der Waals surface area contributed by atoms with Gasteiger partial charge in [-0.15, -0.1) is 0 Å². The maximum atomic E-state index is 12.4. The van der Waals surface area contributed by atoms with E-state index in [0.29, 0.717) is 24.6 Å². The minimum absolute atomic E-state index is 0.151. The molecule has 1 atom stereocenters. The fourth-order valence-electron chi connectivity index (χ4n) is 3.60. The van der Waals surface area contributed by atoms with Crippen molar-refractivity contribution in [1.29, 1.82) is 0 Å². The molecule has 1 amide bonds. The summed E-state index contributed by atoms with van der Waals surface area (Å²) >= 11 is 0. The SMILES string of the molecule is COc1ccc(-c2noc(CCCC(=O)N[C@@H](Cc3c[nH]c4ccccc34)C(=O)O)n2)cc1. The van der Waals surface area contributed by atoms with Crippen LogP contribution in [0.3, 0.4) is 0 Å². The van der Waals surface area contributed by atoms with E-state index in [9.17, 15) is 14.7 Å². The van der Waals surface area contributed by atoms with Crippen LogP contribution in [0, 0.1) is 0 Å². The number of carboxylic acid groups (broad SMARTS) is 1. The molecule has 9 nitrogen and oxygen atoms in total. The second-order valence-corrected chi connectivity index (χ2v) is 7.62. The van der Waals surface area contributed by atoms with E-state index in [1.54, 1.807) is 13.3 Å². The van der Waals surface area contributed by atoms with Crippen LogP contribution in [0.15, 0.2) is 59.3 Å². The number of amides is 1. The Balaban J connectivity index is 1.29. The Kier molecular flexibility index (Phi) is 6.68. The van der Waals surface area contributed by atoms with E-state index >= 15 is 0 Å². The molecule has 3 N–H and O–H groups in total. The van der Waals surface area contributed by atoms with Crippen LogP contribution in [0.25, 0.3) is 22.3 Å². The van der Waals surface area contributed by atoms with E-state index in [0.717, 1.165) is 27.8 Å². The lowest BCUT2D eigenvalue weighted by atomic mass is 10.0. The Bertz CT molecular complexity index is 1250. The molecule has 9 heteroatoms. The van der Waals surface area contributed by atoms with Crippen LogP contribution in [0.1, 0.15) is 24.3 Å². The second kappa shape index (κ2) is 9.99. The van der Waals surface area contributed by atoms with Crippen LogP contribution in [-0.4, -0.2) is 45.3 Å². The van der Waals surface area contributed by atoms with Crippen molar-refractivity contribution < 1.29 is 24.0 Å². The lowest BCUT2D eigenvalue weighted by molar-refractivity contribution is -0.141. The highest BCUT2D eigenvalue weighted by Gasteiger charge is 2.22. The highest BCUT2D eigenvalue weighted by Crippen LogP contribution is 2.21. The standard InChI is InChI=1S/C24H24N4O5/c1-32-17-11-9-15(10-12-17)23-27-22(33-28-23)8-4-7-21(29)26-20(24(30)31)13-16-14-25-19-6-3-2-5-18(16)19/h2-3,5-6,9-12,14,20,25H,4,7-8,13H2,1H3,(H,26,29)(H,30,31)/t20-/m0/s1. The van der Waals surface area contributed by atoms with Gasteiger partial charge in [-0.1, -0.05) is 23.4 Å². The number of nitrogens with zero attached hydrogens (tertiary/aromatic N) is 2. The molecule has 170 valence electrons. The highest BCUT2D eigenvalue weighted by atomic mass is 16.5. The molecule has 2 aromatic carbocycles. The first-order valence-electron chi connectivity index (χ1n) is 10.6. The number of rotatable bonds is 10. The van der Waals surface area contributed by atoms with Gasteiger partial charge in [-0.25, -0.2) is 4.79 Å². The quantitative estimate of drug-likeness (QED) is 0.339. The number of hydrogen-bond acceptors (Lipinski definition) is 6. The number of para-hydroxylation sites is 1. The lowest BCUT2D eigenvalue weighted by Gasteiger charge is -2.14. The van der Waals surface area contributed by atoms with Crippen LogP contribution in [0.5, 0.6) is 5.75 Å². The van der Waals surface area contributed by atoms with E-state index < -0.39 is 12.0 Å². The monoisotopic (exact) mass is 448 g/mol. The number of carbonyl (C=O) groups excluding carboxylic acids is 1. The normalized spacial score (nSPS) is 11.9. The minimum Gasteiger partial charge on any atom is -0.497 e. The number of H-pyrrole nitrogens is 1. The summed E-state index contributed by atoms with van der Waals surface area (Å²) in [6.45, 7) is 0. The van der Waals surface area contributed by atoms with Crippen molar-refractivity contribution in [1.82, 2.24) is 20.4 Å². The zero-order valence-electron chi connectivity index (χ0n) is 18.1. The third-order valence-electron chi connectivity index (χ3n) is 5.34. The Morgan fingerprint density at radius 3 is 2.73 bits per heavy atom. The van der Waals surface area contributed by atoms with E-state index in [-0.39, 0.29) is 18.7 Å². The van der Waals surface area contributed by atoms with Gasteiger partial charge in [0.15, 0.2) is 0 Å². The first kappa shape index (κ1) is 22.1. The maximum Gasteiger partial charge on any atom is 0.326 e. The number of methoxy groups -OCH3 is 1. The third kappa shape index (κ3) is 5.38. The number of nitrogens with one attached hydrogen (secondary N) is 2. The fraction of sp³-hybridized carbons (Fsp3) is 0.250. The zero-order valence-corrected chi connectivity index (χ0v) is 18.1. The topological polar surface area (TPSA) is 130 Å². The van der Waals surface area contributed by atoms with Crippen LogP contribution in [-0.2, 0) is 22.4 Å². The van der Waals surface area contributed by atoms with Crippen molar-refractivity contribution in [3.8, 4) is 17.1 Å². The molecule has 0 aliphatic heterocycles. The third-order valence-corrected chi connectivity index (χ3v) is 5.34. The van der Waals surface area contributed by atoms with E-state index in [1.807, 2.05) is 48.5 Å². The van der Waals surface area contributed by atoms with Gasteiger partial charge in [-0.2, -0.15) is 4.98 Å². The number of hydrogen-bond donors (Lipinski definition) is 3. The summed E-state index contributed by atoms with van der Waals surface area (Å²) in [5.74, 6) is 0.202. The van der Waals surface area contributed by atoms with Gasteiger partial charge in [0.1, 0.15) is 11.8 Å². The number of aromatic nitrogens is 3. The minimum atomic E-state index is -1.07. The van der Waals surface area contributed by atoms with Crippen molar-refractivity contribution >= 4 is 22.8 Å². The highest BCUT2D eigenvalue weighted by molar-refractivity contribution is 5.86. The molecule has 4 aromatic rings. The number of carboxylic acids is 1. The predicted octanol–water partition coefficient (Wildman–Crippen LogP) is 3.36. The maximum absolute atomic E-state index is 12.4. The van der Waals surface area contributed by atoms with Crippen molar-refractivity contribution in [2.75, 3.05) is 7.11 Å². The summed E-state index contributed by atoms with van der Waals surface area (Å²) in [4.78, 5) is 31.5. The Labute approximate surface area is 189 Å². The summed E-state index contributed by atoms with van der Waals surface area (Å²) in [5.41, 5.74) is 2.57. The largest absolute Gasteiger partial charge is 0.497 e. The summed E-state index contributed by atoms with van der Waals surface area (Å²) in [7, 11) is 1.60. The number of aryl methyl sites for hydroxylation is 1. The number of benzene rings is 2. The van der Waals surface area contributed by atoms with Gasteiger partial charge in [0, 0.05) is 41.9 Å². The molecule has 0 unspecified atom stereocenters. The van der Waals surface area contributed by atoms with Gasteiger partial charge in [0.05, 0.1) is 7.11 Å². The summed E-state index contributed by atoms with van der Waals surface area (Å²) < 4.78 is 10.4. The zero-order chi connectivity index (χ0) is 23.2. The van der Waals surface area contributed by atoms with Crippen molar-refractivity contribution in [3.63, 3.8) is 0 Å². The molecule has 0 saturated heterocycles. The van der Waals surface area contributed by atoms with E-state index in [2.05, 4.69) is 20.4 Å². The van der Waals surface area contributed by atoms with Gasteiger partial charge in [0.25, 0.3) is 0 Å². The van der Waals surface area contributed by atoms with Crippen LogP contribution in [0.2, 0.25) is 0 Å². The second-order valence-electron chi connectivity index (χ2n) is 7.62. The van der Waals surface area contributed by atoms with Gasteiger partial charge >= 0.3 is 5.97 Å². The molecule has 0 spiro atoms. The van der Waals surface area contributed by atoms with Crippen LogP contribution in [0.4, 0.5) is 0 Å². The Morgan fingerprint density at radius 1 is 1.18 bits per heavy atom. The summed E-state index contributed by atoms with van der Waals surface area (Å²) in [6, 6.07) is 13.9. The van der Waals surface area contributed by atoms with Crippen molar-refractivity contribution in [2.45, 2.75) is 31.7 Å². The molecule has 0 aliphatic carbocycles. The fourth-order valence-corrected chi connectivity index (χ4v) is 3.60. The predicted molar refractivity (Wildman–Crippen MR) is 121 cm³/mol. The molecular weight excluding hydrogens is 424 g/mol. The molecule has 2 heterocycles. The molecule has 2 aromatic heterocycles. The molecule has 0 bridgehead atoms. The molecule has 0 fully saturated rings. The van der Waals surface area contributed by atoms with E-state index in [4.69, 9.17) is 9.26 Å².